The second kappa shape index (κ2) is 6.85. The highest BCUT2D eigenvalue weighted by Crippen LogP contribution is 2.26. The summed E-state index contributed by atoms with van der Waals surface area (Å²) in [7, 11) is 1.62. The average Bonchev–Trinajstić information content (AvgIpc) is 3.23. The molecule has 0 aliphatic rings. The number of amides is 2. The van der Waals surface area contributed by atoms with Gasteiger partial charge in [0, 0.05) is 24.1 Å². The number of aryl methyl sites for hydroxylation is 1. The summed E-state index contributed by atoms with van der Waals surface area (Å²) in [6, 6.07) is 13.5. The maximum Gasteiger partial charge on any atom is 0.256 e. The highest BCUT2D eigenvalue weighted by atomic mass is 32.1. The summed E-state index contributed by atoms with van der Waals surface area (Å²) >= 11 is 1.42. The second-order valence-corrected chi connectivity index (χ2v) is 7.48. The molecule has 2 aromatic heterocycles. The van der Waals surface area contributed by atoms with E-state index in [2.05, 4.69) is 15.3 Å². The predicted molar refractivity (Wildman–Crippen MR) is 108 cm³/mol. The first-order chi connectivity index (χ1) is 13.0. The van der Waals surface area contributed by atoms with Crippen molar-refractivity contribution in [1.29, 1.82) is 0 Å². The normalized spacial score (nSPS) is 11.0. The van der Waals surface area contributed by atoms with E-state index in [0.29, 0.717) is 10.7 Å². The van der Waals surface area contributed by atoms with E-state index >= 15 is 0 Å². The quantitative estimate of drug-likeness (QED) is 0.567. The number of fused-ring (bicyclic) bond motifs is 2. The van der Waals surface area contributed by atoms with Gasteiger partial charge in [0.15, 0.2) is 5.13 Å². The van der Waals surface area contributed by atoms with Gasteiger partial charge in [-0.25, -0.2) is 4.98 Å². The number of anilines is 1. The Kier molecular flexibility index (Phi) is 4.37. The Bertz CT molecular complexity index is 1160. The average molecular weight is 378 g/mol. The zero-order valence-corrected chi connectivity index (χ0v) is 15.8. The number of carbonyl (C=O) groups excluding carboxylic acids is 2. The molecule has 0 aliphatic heterocycles. The number of carbonyl (C=O) groups is 2. The first kappa shape index (κ1) is 17.2. The lowest BCUT2D eigenvalue weighted by molar-refractivity contribution is -0.116. The van der Waals surface area contributed by atoms with Crippen LogP contribution in [0.5, 0.6) is 0 Å². The Balaban J connectivity index is 1.46. The van der Waals surface area contributed by atoms with Crippen LogP contribution in [0.25, 0.3) is 21.1 Å². The molecule has 6 nitrogen and oxygen atoms in total. The molecule has 136 valence electrons. The van der Waals surface area contributed by atoms with Crippen molar-refractivity contribution < 1.29 is 9.59 Å². The fourth-order valence-electron chi connectivity index (χ4n) is 2.99. The van der Waals surface area contributed by atoms with Gasteiger partial charge in [-0.15, -0.1) is 0 Å². The third-order valence-corrected chi connectivity index (χ3v) is 5.27. The molecule has 4 aromatic rings. The van der Waals surface area contributed by atoms with Crippen molar-refractivity contribution in [3.05, 3.63) is 59.8 Å². The van der Waals surface area contributed by atoms with Crippen molar-refractivity contribution in [3.8, 4) is 0 Å². The molecular weight excluding hydrogens is 360 g/mol. The molecule has 2 heterocycles. The van der Waals surface area contributed by atoms with Crippen LogP contribution in [0.3, 0.4) is 0 Å². The number of para-hydroxylation sites is 1. The molecule has 27 heavy (non-hydrogen) atoms. The van der Waals surface area contributed by atoms with E-state index < -0.39 is 0 Å². The van der Waals surface area contributed by atoms with Crippen LogP contribution in [-0.2, 0) is 4.79 Å². The van der Waals surface area contributed by atoms with Crippen molar-refractivity contribution >= 4 is 49.4 Å². The van der Waals surface area contributed by atoms with Gasteiger partial charge in [-0.2, -0.15) is 0 Å². The molecule has 0 spiro atoms. The lowest BCUT2D eigenvalue weighted by Crippen LogP contribution is -2.34. The van der Waals surface area contributed by atoms with E-state index in [1.807, 2.05) is 49.4 Å². The van der Waals surface area contributed by atoms with Gasteiger partial charge in [-0.3, -0.25) is 9.59 Å². The van der Waals surface area contributed by atoms with E-state index in [9.17, 15) is 9.59 Å². The molecule has 2 amide bonds. The Hall–Kier alpha value is -3.19. The number of hydrogen-bond acceptors (Lipinski definition) is 4. The van der Waals surface area contributed by atoms with Crippen LogP contribution < -0.4 is 5.32 Å². The molecule has 7 heteroatoms. The summed E-state index contributed by atoms with van der Waals surface area (Å²) in [6.45, 7) is 1.97. The summed E-state index contributed by atoms with van der Waals surface area (Å²) in [5.41, 5.74) is 3.44. The van der Waals surface area contributed by atoms with Crippen LogP contribution >= 0.6 is 11.3 Å². The maximum absolute atomic E-state index is 12.7. The Morgan fingerprint density at radius 1 is 1.22 bits per heavy atom. The smallest absolute Gasteiger partial charge is 0.256 e. The van der Waals surface area contributed by atoms with Crippen LogP contribution in [0, 0.1) is 6.92 Å². The van der Waals surface area contributed by atoms with Gasteiger partial charge >= 0.3 is 0 Å². The van der Waals surface area contributed by atoms with Crippen LogP contribution in [0.1, 0.15) is 15.9 Å². The molecule has 0 bridgehead atoms. The molecule has 0 saturated carbocycles. The minimum absolute atomic E-state index is 0.0483. The second-order valence-electron chi connectivity index (χ2n) is 6.45. The monoisotopic (exact) mass is 378 g/mol. The highest BCUT2D eigenvalue weighted by molar-refractivity contribution is 7.22. The summed E-state index contributed by atoms with van der Waals surface area (Å²) in [5, 5.41) is 4.17. The van der Waals surface area contributed by atoms with E-state index in [1.165, 1.54) is 16.2 Å². The number of hydrogen-bond donors (Lipinski definition) is 2. The number of likely N-dealkylation sites (N-methyl/N-ethyl adjacent to an activating group) is 1. The summed E-state index contributed by atoms with van der Waals surface area (Å²) < 4.78 is 1.02. The number of aromatic nitrogens is 2. The summed E-state index contributed by atoms with van der Waals surface area (Å²) in [4.78, 5) is 34.0. The third-order valence-electron chi connectivity index (χ3n) is 4.34. The van der Waals surface area contributed by atoms with Crippen molar-refractivity contribution in [2.45, 2.75) is 6.92 Å². The van der Waals surface area contributed by atoms with E-state index in [1.54, 1.807) is 13.2 Å². The minimum atomic E-state index is -0.276. The van der Waals surface area contributed by atoms with Gasteiger partial charge in [0.1, 0.15) is 0 Å². The van der Waals surface area contributed by atoms with Gasteiger partial charge in [0.05, 0.1) is 22.3 Å². The Morgan fingerprint density at radius 3 is 2.89 bits per heavy atom. The molecule has 0 fully saturated rings. The first-order valence-corrected chi connectivity index (χ1v) is 9.31. The molecule has 0 aliphatic carbocycles. The third kappa shape index (κ3) is 3.41. The van der Waals surface area contributed by atoms with Gasteiger partial charge in [0.2, 0.25) is 5.91 Å². The molecule has 0 unspecified atom stereocenters. The van der Waals surface area contributed by atoms with Crippen LogP contribution in [-0.4, -0.2) is 40.3 Å². The summed E-state index contributed by atoms with van der Waals surface area (Å²) in [6.07, 6.45) is 1.68. The highest BCUT2D eigenvalue weighted by Gasteiger charge is 2.19. The molecule has 0 saturated heterocycles. The molecule has 4 rings (SSSR count). The number of thiazole rings is 1. The van der Waals surface area contributed by atoms with Gasteiger partial charge in [-0.1, -0.05) is 35.6 Å². The number of rotatable bonds is 4. The fourth-order valence-corrected chi connectivity index (χ4v) is 3.97. The predicted octanol–water partition coefficient (Wildman–Crippen LogP) is 3.80. The van der Waals surface area contributed by atoms with Crippen molar-refractivity contribution in [1.82, 2.24) is 14.9 Å². The Labute approximate surface area is 159 Å². The molecule has 2 N–H and O–H groups in total. The maximum atomic E-state index is 12.7. The van der Waals surface area contributed by atoms with Gasteiger partial charge in [0.25, 0.3) is 5.91 Å². The van der Waals surface area contributed by atoms with Crippen LogP contribution in [0.4, 0.5) is 5.13 Å². The van der Waals surface area contributed by atoms with Crippen molar-refractivity contribution in [2.24, 2.45) is 0 Å². The van der Waals surface area contributed by atoms with E-state index in [-0.39, 0.29) is 18.4 Å². The lowest BCUT2D eigenvalue weighted by Gasteiger charge is -2.15. The zero-order valence-electron chi connectivity index (χ0n) is 14.9. The van der Waals surface area contributed by atoms with E-state index in [0.717, 1.165) is 26.7 Å². The number of benzene rings is 2. The fraction of sp³-hybridized carbons (Fsp3) is 0.150. The van der Waals surface area contributed by atoms with Gasteiger partial charge in [-0.05, 0) is 30.7 Å². The number of H-pyrrole nitrogens is 1. The molecular formula is C20H18N4O2S. The number of nitrogens with zero attached hydrogens (tertiary/aromatic N) is 2. The SMILES string of the molecule is Cc1ccc2nc(NC(=O)CN(C)C(=O)c3c[nH]c4ccccc34)sc2c1. The Morgan fingerprint density at radius 2 is 2.04 bits per heavy atom. The van der Waals surface area contributed by atoms with E-state index in [4.69, 9.17) is 0 Å². The summed E-state index contributed by atoms with van der Waals surface area (Å²) in [5.74, 6) is -0.482. The van der Waals surface area contributed by atoms with Gasteiger partial charge < -0.3 is 15.2 Å². The van der Waals surface area contributed by atoms with Crippen molar-refractivity contribution in [3.63, 3.8) is 0 Å². The number of nitrogens with one attached hydrogen (secondary N) is 2. The minimum Gasteiger partial charge on any atom is -0.360 e. The zero-order chi connectivity index (χ0) is 19.0. The molecule has 0 radical (unpaired) electrons. The first-order valence-electron chi connectivity index (χ1n) is 8.50. The standard InChI is InChI=1S/C20H18N4O2S/c1-12-7-8-16-17(9-12)27-20(22-16)23-18(25)11-24(2)19(26)14-10-21-15-6-4-3-5-13(14)15/h3-10,21H,11H2,1-2H3,(H,22,23,25). The topological polar surface area (TPSA) is 78.1 Å². The molecule has 0 atom stereocenters. The van der Waals surface area contributed by atoms with Crippen LogP contribution in [0.15, 0.2) is 48.7 Å². The largest absolute Gasteiger partial charge is 0.360 e. The van der Waals surface area contributed by atoms with Crippen molar-refractivity contribution in [2.75, 3.05) is 18.9 Å². The molecule has 2 aromatic carbocycles. The van der Waals surface area contributed by atoms with Crippen LogP contribution in [0.2, 0.25) is 0 Å². The lowest BCUT2D eigenvalue weighted by atomic mass is 10.1. The number of aromatic amines is 1.